The molecule has 12 heavy (non-hydrogen) atoms. The van der Waals surface area contributed by atoms with Crippen molar-refractivity contribution in [3.8, 4) is 0 Å². The molecule has 0 aliphatic rings. The first kappa shape index (κ1) is 8.70. The molecule has 0 saturated heterocycles. The summed E-state index contributed by atoms with van der Waals surface area (Å²) in [6.07, 6.45) is 0. The summed E-state index contributed by atoms with van der Waals surface area (Å²) < 4.78 is 4.59. The molecule has 0 bridgehead atoms. The zero-order valence-corrected chi connectivity index (χ0v) is 6.40. The van der Waals surface area contributed by atoms with E-state index in [1.165, 1.54) is 0 Å². The minimum absolute atomic E-state index is 0.228. The van der Waals surface area contributed by atoms with Crippen LogP contribution in [0.5, 0.6) is 0 Å². The minimum Gasteiger partial charge on any atom is -0.433 e. The largest absolute Gasteiger partial charge is 0.433 e. The smallest absolute Gasteiger partial charge is 0.340 e. The Morgan fingerprint density at radius 3 is 2.58 bits per heavy atom. The maximum atomic E-state index is 11.0. The molecule has 0 fully saturated rings. The summed E-state index contributed by atoms with van der Waals surface area (Å²) in [5.41, 5.74) is 0.481. The summed E-state index contributed by atoms with van der Waals surface area (Å²) in [5, 5.41) is 0. The van der Waals surface area contributed by atoms with Gasteiger partial charge in [0.05, 0.1) is 5.56 Å². The van der Waals surface area contributed by atoms with Crippen molar-refractivity contribution in [3.63, 3.8) is 0 Å². The number of ether oxygens (including phenoxy) is 1. The van der Waals surface area contributed by atoms with Crippen molar-refractivity contribution >= 4 is 5.97 Å². The molecule has 4 nitrogen and oxygen atoms in total. The lowest BCUT2D eigenvalue weighted by Crippen LogP contribution is -2.11. The van der Waals surface area contributed by atoms with Gasteiger partial charge in [-0.3, -0.25) is 4.84 Å². The first-order valence-electron chi connectivity index (χ1n) is 3.38. The molecular weight excluding hydrogens is 158 g/mol. The molecule has 0 aliphatic heterocycles. The molecule has 0 saturated carbocycles. The van der Waals surface area contributed by atoms with Crippen molar-refractivity contribution in [3.05, 3.63) is 35.9 Å². The van der Waals surface area contributed by atoms with Gasteiger partial charge < -0.3 is 4.74 Å². The molecule has 0 aromatic heterocycles. The van der Waals surface area contributed by atoms with Crippen molar-refractivity contribution in [2.24, 2.45) is 5.90 Å². The SMILES string of the molecule is NOCOC(=O)c1ccccc1. The number of hydrogen-bond donors (Lipinski definition) is 1. The average molecular weight is 167 g/mol. The Morgan fingerprint density at radius 1 is 1.33 bits per heavy atom. The molecule has 0 heterocycles. The quantitative estimate of drug-likeness (QED) is 0.408. The Kier molecular flexibility index (Phi) is 3.25. The lowest BCUT2D eigenvalue weighted by molar-refractivity contribution is -0.0326. The predicted molar refractivity (Wildman–Crippen MR) is 42.0 cm³/mol. The highest BCUT2D eigenvalue weighted by Gasteiger charge is 2.03. The van der Waals surface area contributed by atoms with Gasteiger partial charge in [0.15, 0.2) is 0 Å². The van der Waals surface area contributed by atoms with E-state index in [0.717, 1.165) is 0 Å². The van der Waals surface area contributed by atoms with E-state index in [1.807, 2.05) is 6.07 Å². The summed E-state index contributed by atoms with van der Waals surface area (Å²) in [5.74, 6) is 4.23. The number of rotatable bonds is 3. The summed E-state index contributed by atoms with van der Waals surface area (Å²) in [6, 6.07) is 8.62. The van der Waals surface area contributed by atoms with Gasteiger partial charge in [-0.05, 0) is 12.1 Å². The fourth-order valence-electron chi connectivity index (χ4n) is 0.745. The Labute approximate surface area is 69.8 Å². The van der Waals surface area contributed by atoms with Crippen LogP contribution in [0.15, 0.2) is 30.3 Å². The van der Waals surface area contributed by atoms with Gasteiger partial charge in [-0.25, -0.2) is 10.7 Å². The molecule has 0 radical (unpaired) electrons. The summed E-state index contributed by atoms with van der Waals surface area (Å²) in [6.45, 7) is -0.228. The van der Waals surface area contributed by atoms with Crippen LogP contribution in [-0.4, -0.2) is 12.8 Å². The first-order valence-corrected chi connectivity index (χ1v) is 3.38. The van der Waals surface area contributed by atoms with E-state index in [0.29, 0.717) is 5.56 Å². The van der Waals surface area contributed by atoms with Gasteiger partial charge in [0.25, 0.3) is 0 Å². The maximum Gasteiger partial charge on any atom is 0.340 e. The monoisotopic (exact) mass is 167 g/mol. The van der Waals surface area contributed by atoms with E-state index in [4.69, 9.17) is 0 Å². The molecule has 1 aromatic carbocycles. The summed E-state index contributed by atoms with van der Waals surface area (Å²) >= 11 is 0. The van der Waals surface area contributed by atoms with Gasteiger partial charge in [-0.15, -0.1) is 0 Å². The number of benzene rings is 1. The highest BCUT2D eigenvalue weighted by Crippen LogP contribution is 2.00. The molecule has 0 atom stereocenters. The van der Waals surface area contributed by atoms with Crippen LogP contribution in [0.2, 0.25) is 0 Å². The number of esters is 1. The molecule has 0 aliphatic carbocycles. The van der Waals surface area contributed by atoms with E-state index in [1.54, 1.807) is 24.3 Å². The number of nitrogens with two attached hydrogens (primary N) is 1. The van der Waals surface area contributed by atoms with Gasteiger partial charge in [0, 0.05) is 0 Å². The normalized spacial score (nSPS) is 9.42. The topological polar surface area (TPSA) is 61.6 Å². The van der Waals surface area contributed by atoms with Gasteiger partial charge >= 0.3 is 5.97 Å². The highest BCUT2D eigenvalue weighted by molar-refractivity contribution is 5.89. The van der Waals surface area contributed by atoms with Crippen molar-refractivity contribution in [2.45, 2.75) is 0 Å². The Hall–Kier alpha value is -1.39. The van der Waals surface area contributed by atoms with Gasteiger partial charge in [-0.1, -0.05) is 18.2 Å². The third kappa shape index (κ3) is 2.34. The van der Waals surface area contributed by atoms with Gasteiger partial charge in [0.1, 0.15) is 0 Å². The molecule has 64 valence electrons. The zero-order chi connectivity index (χ0) is 8.81. The molecule has 4 heteroatoms. The fourth-order valence-corrected chi connectivity index (χ4v) is 0.745. The summed E-state index contributed by atoms with van der Waals surface area (Å²) in [7, 11) is 0. The second-order valence-corrected chi connectivity index (χ2v) is 2.08. The molecule has 0 amide bonds. The molecule has 0 unspecified atom stereocenters. The van der Waals surface area contributed by atoms with Crippen molar-refractivity contribution in [2.75, 3.05) is 6.79 Å². The average Bonchev–Trinajstić information content (AvgIpc) is 2.15. The highest BCUT2D eigenvalue weighted by atomic mass is 16.7. The van der Waals surface area contributed by atoms with E-state index in [9.17, 15) is 4.79 Å². The van der Waals surface area contributed by atoms with Crippen LogP contribution in [0, 0.1) is 0 Å². The number of carbonyl (C=O) groups excluding carboxylic acids is 1. The molecule has 0 spiro atoms. The minimum atomic E-state index is -0.443. The van der Waals surface area contributed by atoms with Crippen LogP contribution in [0.3, 0.4) is 0 Å². The predicted octanol–water partition coefficient (Wildman–Crippen LogP) is 0.691. The van der Waals surface area contributed by atoms with Crippen molar-refractivity contribution in [1.82, 2.24) is 0 Å². The lowest BCUT2D eigenvalue weighted by atomic mass is 10.2. The van der Waals surface area contributed by atoms with Crippen LogP contribution >= 0.6 is 0 Å². The van der Waals surface area contributed by atoms with Gasteiger partial charge in [0.2, 0.25) is 6.79 Å². The molecular formula is C8H9NO3. The van der Waals surface area contributed by atoms with Crippen LogP contribution in [-0.2, 0) is 9.57 Å². The number of carbonyl (C=O) groups is 1. The van der Waals surface area contributed by atoms with Gasteiger partial charge in [-0.2, -0.15) is 0 Å². The van der Waals surface area contributed by atoms with Crippen molar-refractivity contribution < 1.29 is 14.4 Å². The van der Waals surface area contributed by atoms with Crippen LogP contribution in [0.25, 0.3) is 0 Å². The van der Waals surface area contributed by atoms with Crippen LogP contribution < -0.4 is 5.90 Å². The fraction of sp³-hybridized carbons (Fsp3) is 0.125. The third-order valence-electron chi connectivity index (χ3n) is 1.27. The van der Waals surface area contributed by atoms with E-state index < -0.39 is 5.97 Å². The standard InChI is InChI=1S/C8H9NO3/c9-12-6-11-8(10)7-4-2-1-3-5-7/h1-5H,6,9H2. The van der Waals surface area contributed by atoms with Crippen molar-refractivity contribution in [1.29, 1.82) is 0 Å². The third-order valence-corrected chi connectivity index (χ3v) is 1.27. The second kappa shape index (κ2) is 4.48. The maximum absolute atomic E-state index is 11.0. The lowest BCUT2D eigenvalue weighted by Gasteiger charge is -2.01. The molecule has 1 aromatic rings. The molecule has 2 N–H and O–H groups in total. The van der Waals surface area contributed by atoms with E-state index in [-0.39, 0.29) is 6.79 Å². The number of hydrogen-bond acceptors (Lipinski definition) is 4. The second-order valence-electron chi connectivity index (χ2n) is 2.08. The Bertz CT molecular complexity index is 248. The first-order chi connectivity index (χ1) is 5.84. The Balaban J connectivity index is 2.54. The molecule has 1 rings (SSSR count). The van der Waals surface area contributed by atoms with Crippen LogP contribution in [0.4, 0.5) is 0 Å². The van der Waals surface area contributed by atoms with E-state index in [2.05, 4.69) is 15.5 Å². The Morgan fingerprint density at radius 2 is 2.00 bits per heavy atom. The van der Waals surface area contributed by atoms with E-state index >= 15 is 0 Å². The zero-order valence-electron chi connectivity index (χ0n) is 6.40. The summed E-state index contributed by atoms with van der Waals surface area (Å²) in [4.78, 5) is 15.1. The van der Waals surface area contributed by atoms with Crippen LogP contribution in [0.1, 0.15) is 10.4 Å².